The van der Waals surface area contributed by atoms with Gasteiger partial charge in [0.25, 0.3) is 0 Å². The second kappa shape index (κ2) is 10.8. The lowest BCUT2D eigenvalue weighted by Gasteiger charge is -2.32. The molecule has 0 radical (unpaired) electrons. The molecule has 9 aromatic rings. The Morgan fingerprint density at radius 1 is 0.308 bits per heavy atom. The van der Waals surface area contributed by atoms with Gasteiger partial charge in [0, 0.05) is 17.1 Å². The van der Waals surface area contributed by atoms with E-state index in [0.29, 0.717) is 0 Å². The highest BCUT2D eigenvalue weighted by Gasteiger charge is 2.52. The van der Waals surface area contributed by atoms with Gasteiger partial charge in [-0.25, -0.2) is 0 Å². The van der Waals surface area contributed by atoms with Crippen LogP contribution in [0.15, 0.2) is 176 Å². The van der Waals surface area contributed by atoms with Crippen molar-refractivity contribution in [3.8, 4) is 22.3 Å². The van der Waals surface area contributed by atoms with E-state index in [4.69, 9.17) is 0 Å². The van der Waals surface area contributed by atoms with Gasteiger partial charge < -0.3 is 4.90 Å². The monoisotopic (exact) mass is 661 g/mol. The number of anilines is 3. The van der Waals surface area contributed by atoms with Crippen LogP contribution in [-0.4, -0.2) is 0 Å². The summed E-state index contributed by atoms with van der Waals surface area (Å²) in [6, 6.07) is 66.2. The van der Waals surface area contributed by atoms with Gasteiger partial charge in [0.05, 0.1) is 5.41 Å². The van der Waals surface area contributed by atoms with Crippen molar-refractivity contribution in [3.63, 3.8) is 0 Å². The topological polar surface area (TPSA) is 3.24 Å². The first-order valence-corrected chi connectivity index (χ1v) is 18.3. The predicted octanol–water partition coefficient (Wildman–Crippen LogP) is 13.6. The van der Waals surface area contributed by atoms with Crippen LogP contribution in [0.25, 0.3) is 54.6 Å². The fourth-order valence-electron chi connectivity index (χ4n) is 9.50. The SMILES string of the molecule is Cc1ccc(N(c2ccc(C)cc2)c2ccc3c(c2)C2(c4ccccc4-c4ccccc42)c2cc4c5ccccc5c5ccccc5c4cc2-3)cc1. The molecule has 244 valence electrons. The zero-order valence-electron chi connectivity index (χ0n) is 29.2. The van der Waals surface area contributed by atoms with Gasteiger partial charge in [0.15, 0.2) is 0 Å². The minimum Gasteiger partial charge on any atom is -0.310 e. The molecule has 0 atom stereocenters. The highest BCUT2D eigenvalue weighted by molar-refractivity contribution is 6.26. The van der Waals surface area contributed by atoms with Gasteiger partial charge in [0.2, 0.25) is 0 Å². The van der Waals surface area contributed by atoms with Crippen LogP contribution >= 0.6 is 0 Å². The average molecular weight is 662 g/mol. The van der Waals surface area contributed by atoms with Crippen molar-refractivity contribution in [1.29, 1.82) is 0 Å². The molecule has 0 amide bonds. The van der Waals surface area contributed by atoms with Crippen molar-refractivity contribution in [2.75, 3.05) is 4.90 Å². The normalized spacial score (nSPS) is 13.3. The van der Waals surface area contributed by atoms with E-state index in [0.717, 1.165) is 17.1 Å². The molecular weight excluding hydrogens is 627 g/mol. The lowest BCUT2D eigenvalue weighted by Crippen LogP contribution is -2.26. The van der Waals surface area contributed by atoms with Crippen LogP contribution in [0, 0.1) is 13.8 Å². The summed E-state index contributed by atoms with van der Waals surface area (Å²) in [6.45, 7) is 4.31. The number of benzene rings is 9. The van der Waals surface area contributed by atoms with Crippen molar-refractivity contribution in [1.82, 2.24) is 0 Å². The largest absolute Gasteiger partial charge is 0.310 e. The van der Waals surface area contributed by atoms with Crippen molar-refractivity contribution in [2.45, 2.75) is 19.3 Å². The van der Waals surface area contributed by atoms with Gasteiger partial charge in [-0.1, -0.05) is 139 Å². The predicted molar refractivity (Wildman–Crippen MR) is 219 cm³/mol. The van der Waals surface area contributed by atoms with Crippen molar-refractivity contribution in [2.24, 2.45) is 0 Å². The molecule has 11 rings (SSSR count). The second-order valence-electron chi connectivity index (χ2n) is 14.6. The molecule has 0 aromatic heterocycles. The highest BCUT2D eigenvalue weighted by atomic mass is 15.1. The summed E-state index contributed by atoms with van der Waals surface area (Å²) < 4.78 is 0. The molecule has 0 unspecified atom stereocenters. The van der Waals surface area contributed by atoms with Gasteiger partial charge in [-0.15, -0.1) is 0 Å². The van der Waals surface area contributed by atoms with E-state index in [1.54, 1.807) is 0 Å². The fraction of sp³-hybridized carbons (Fsp3) is 0.0588. The maximum Gasteiger partial charge on any atom is 0.0726 e. The third-order valence-electron chi connectivity index (χ3n) is 11.8. The summed E-state index contributed by atoms with van der Waals surface area (Å²) in [6.07, 6.45) is 0. The Balaban J connectivity index is 1.27. The lowest BCUT2D eigenvalue weighted by molar-refractivity contribution is 0.795. The molecule has 2 aliphatic carbocycles. The molecular formula is C51H35N. The first-order valence-electron chi connectivity index (χ1n) is 18.3. The van der Waals surface area contributed by atoms with E-state index in [9.17, 15) is 0 Å². The molecule has 9 aromatic carbocycles. The summed E-state index contributed by atoms with van der Waals surface area (Å²) in [4.78, 5) is 2.42. The summed E-state index contributed by atoms with van der Waals surface area (Å²) in [7, 11) is 0. The number of hydrogen-bond donors (Lipinski definition) is 0. The van der Waals surface area contributed by atoms with Crippen LogP contribution in [0.2, 0.25) is 0 Å². The van der Waals surface area contributed by atoms with Crippen molar-refractivity contribution >= 4 is 49.4 Å². The number of rotatable bonds is 3. The van der Waals surface area contributed by atoms with Crippen molar-refractivity contribution < 1.29 is 0 Å². The molecule has 0 saturated heterocycles. The fourth-order valence-corrected chi connectivity index (χ4v) is 9.50. The van der Waals surface area contributed by atoms with Crippen LogP contribution in [0.4, 0.5) is 17.1 Å². The van der Waals surface area contributed by atoms with Crippen LogP contribution in [0.5, 0.6) is 0 Å². The summed E-state index contributed by atoms with van der Waals surface area (Å²) >= 11 is 0. The Bertz CT molecular complexity index is 2820. The van der Waals surface area contributed by atoms with Crippen LogP contribution in [0.1, 0.15) is 33.4 Å². The molecule has 0 aliphatic heterocycles. The standard InChI is InChI=1S/C51H35N/c1-32-19-23-34(24-20-32)52(35-25-21-33(2)22-26-35)36-27-28-43-46-30-44-39-13-5-3-11-37(39)38-12-4-6-14-40(38)45(44)31-50(46)51(49(43)29-36)47-17-9-7-15-41(47)42-16-8-10-18-48(42)51/h3-31H,1-2H3. The minimum absolute atomic E-state index is 0.471. The third-order valence-corrected chi connectivity index (χ3v) is 11.8. The molecule has 0 bridgehead atoms. The van der Waals surface area contributed by atoms with Crippen LogP contribution < -0.4 is 4.90 Å². The van der Waals surface area contributed by atoms with E-state index in [2.05, 4.69) is 195 Å². The zero-order chi connectivity index (χ0) is 34.6. The molecule has 0 saturated carbocycles. The molecule has 0 fully saturated rings. The molecule has 1 spiro atoms. The number of hydrogen-bond acceptors (Lipinski definition) is 1. The number of aryl methyl sites for hydroxylation is 2. The molecule has 0 N–H and O–H groups in total. The Kier molecular flexibility index (Phi) is 6.08. The first kappa shape index (κ1) is 29.3. The third kappa shape index (κ3) is 3.88. The van der Waals surface area contributed by atoms with Gasteiger partial charge in [-0.2, -0.15) is 0 Å². The lowest BCUT2D eigenvalue weighted by atomic mass is 9.70. The van der Waals surface area contributed by atoms with Gasteiger partial charge in [0.1, 0.15) is 0 Å². The molecule has 52 heavy (non-hydrogen) atoms. The van der Waals surface area contributed by atoms with Gasteiger partial charge >= 0.3 is 0 Å². The highest BCUT2D eigenvalue weighted by Crippen LogP contribution is 2.64. The van der Waals surface area contributed by atoms with E-state index >= 15 is 0 Å². The van der Waals surface area contributed by atoms with Crippen LogP contribution in [0.3, 0.4) is 0 Å². The Morgan fingerprint density at radius 3 is 1.25 bits per heavy atom. The second-order valence-corrected chi connectivity index (χ2v) is 14.6. The first-order chi connectivity index (χ1) is 25.6. The Morgan fingerprint density at radius 2 is 0.712 bits per heavy atom. The molecule has 1 nitrogen and oxygen atoms in total. The molecule has 0 heterocycles. The summed E-state index contributed by atoms with van der Waals surface area (Å²) in [5.41, 5.74) is 16.2. The summed E-state index contributed by atoms with van der Waals surface area (Å²) in [5.74, 6) is 0. The van der Waals surface area contributed by atoms with E-state index in [1.807, 2.05) is 0 Å². The maximum absolute atomic E-state index is 2.55. The summed E-state index contributed by atoms with van der Waals surface area (Å²) in [5, 5.41) is 7.82. The van der Waals surface area contributed by atoms with Crippen molar-refractivity contribution in [3.05, 3.63) is 209 Å². The smallest absolute Gasteiger partial charge is 0.0726 e. The minimum atomic E-state index is -0.471. The average Bonchev–Trinajstić information content (AvgIpc) is 3.65. The zero-order valence-corrected chi connectivity index (χ0v) is 29.2. The van der Waals surface area contributed by atoms with Gasteiger partial charge in [-0.3, -0.25) is 0 Å². The number of nitrogens with zero attached hydrogens (tertiary/aromatic N) is 1. The van der Waals surface area contributed by atoms with Crippen LogP contribution in [-0.2, 0) is 5.41 Å². The molecule has 1 heteroatoms. The molecule has 2 aliphatic rings. The van der Waals surface area contributed by atoms with Gasteiger partial charge in [-0.05, 0) is 139 Å². The Labute approximate surface area is 304 Å². The van der Waals surface area contributed by atoms with E-state index in [1.165, 1.54) is 88.0 Å². The Hall–Kier alpha value is -6.44. The maximum atomic E-state index is 2.55. The number of fused-ring (bicyclic) bond motifs is 16. The van der Waals surface area contributed by atoms with E-state index < -0.39 is 5.41 Å². The quantitative estimate of drug-likeness (QED) is 0.170. The van der Waals surface area contributed by atoms with E-state index in [-0.39, 0.29) is 0 Å².